The molecule has 1 aromatic heterocycles. The molecule has 0 radical (unpaired) electrons. The number of carbonyl (C=O) groups excluding carboxylic acids is 1. The molecular weight excluding hydrogens is 338 g/mol. The maximum absolute atomic E-state index is 12.8. The van der Waals surface area contributed by atoms with E-state index in [2.05, 4.69) is 10.3 Å². The molecule has 0 bridgehead atoms. The molecule has 0 saturated carbocycles. The van der Waals surface area contributed by atoms with E-state index < -0.39 is 10.0 Å². The smallest absolute Gasteiger partial charge is 0.243 e. The summed E-state index contributed by atoms with van der Waals surface area (Å²) in [6.07, 6.45) is 4.55. The first kappa shape index (κ1) is 17.6. The maximum atomic E-state index is 12.8. The van der Waals surface area contributed by atoms with Crippen LogP contribution in [0.4, 0.5) is 5.69 Å². The summed E-state index contributed by atoms with van der Waals surface area (Å²) in [5.41, 5.74) is 1.67. The average Bonchev–Trinajstić information content (AvgIpc) is 2.63. The molecule has 7 heteroatoms. The van der Waals surface area contributed by atoms with Gasteiger partial charge in [0.05, 0.1) is 10.8 Å². The molecule has 1 fully saturated rings. The van der Waals surface area contributed by atoms with Crippen molar-refractivity contribution in [2.24, 2.45) is 5.92 Å². The summed E-state index contributed by atoms with van der Waals surface area (Å²) < 4.78 is 27.0. The number of piperidine rings is 1. The molecule has 0 spiro atoms. The molecule has 0 aliphatic carbocycles. The monoisotopic (exact) mass is 359 g/mol. The third-order valence-corrected chi connectivity index (χ3v) is 6.24. The van der Waals surface area contributed by atoms with Crippen LogP contribution in [0.1, 0.15) is 18.4 Å². The van der Waals surface area contributed by atoms with E-state index >= 15 is 0 Å². The van der Waals surface area contributed by atoms with Crippen LogP contribution >= 0.6 is 0 Å². The summed E-state index contributed by atoms with van der Waals surface area (Å²) in [6, 6.07) is 10.2. The van der Waals surface area contributed by atoms with Gasteiger partial charge in [0.2, 0.25) is 15.9 Å². The van der Waals surface area contributed by atoms with E-state index in [0.717, 1.165) is 5.56 Å². The molecule has 1 N–H and O–H groups in total. The van der Waals surface area contributed by atoms with Crippen LogP contribution in [0.3, 0.4) is 0 Å². The minimum absolute atomic E-state index is 0.157. The van der Waals surface area contributed by atoms with Crippen LogP contribution in [0, 0.1) is 12.8 Å². The van der Waals surface area contributed by atoms with Crippen molar-refractivity contribution < 1.29 is 13.2 Å². The first-order valence-corrected chi connectivity index (χ1v) is 9.68. The summed E-state index contributed by atoms with van der Waals surface area (Å²) in [5.74, 6) is -0.517. The summed E-state index contributed by atoms with van der Waals surface area (Å²) >= 11 is 0. The fourth-order valence-electron chi connectivity index (χ4n) is 2.91. The van der Waals surface area contributed by atoms with Gasteiger partial charge in [-0.15, -0.1) is 0 Å². The van der Waals surface area contributed by atoms with Crippen LogP contribution in [0.25, 0.3) is 0 Å². The van der Waals surface area contributed by atoms with Crippen LogP contribution in [-0.4, -0.2) is 36.7 Å². The number of sulfonamides is 1. The second-order valence-electron chi connectivity index (χ2n) is 6.24. The van der Waals surface area contributed by atoms with Crippen LogP contribution in [0.2, 0.25) is 0 Å². The van der Waals surface area contributed by atoms with Crippen LogP contribution in [0.15, 0.2) is 53.7 Å². The predicted octanol–water partition coefficient (Wildman–Crippen LogP) is 2.43. The Kier molecular flexibility index (Phi) is 5.15. The molecule has 3 rings (SSSR count). The molecule has 2 aromatic rings. The van der Waals surface area contributed by atoms with Gasteiger partial charge in [-0.05, 0) is 44.0 Å². The van der Waals surface area contributed by atoms with Gasteiger partial charge in [0.25, 0.3) is 0 Å². The normalized spacial score (nSPS) is 18.7. The highest BCUT2D eigenvalue weighted by Crippen LogP contribution is 2.25. The Labute approximate surface area is 147 Å². The Bertz CT molecular complexity index is 836. The van der Waals surface area contributed by atoms with Crippen molar-refractivity contribution in [1.82, 2.24) is 9.29 Å². The molecule has 1 unspecified atom stereocenters. The molecule has 1 aliphatic rings. The zero-order valence-electron chi connectivity index (χ0n) is 14.1. The standard InChI is InChI=1S/C18H21N3O3S/c1-14-4-6-17(7-5-14)25(23,24)21-12-2-3-15(13-21)18(22)20-16-8-10-19-11-9-16/h4-11,15H,2-3,12-13H2,1H3,(H,19,20,22). The Morgan fingerprint density at radius 1 is 1.16 bits per heavy atom. The number of anilines is 1. The summed E-state index contributed by atoms with van der Waals surface area (Å²) in [5, 5.41) is 2.83. The Morgan fingerprint density at radius 3 is 2.52 bits per heavy atom. The van der Waals surface area contributed by atoms with E-state index in [-0.39, 0.29) is 23.3 Å². The Morgan fingerprint density at radius 2 is 1.84 bits per heavy atom. The van der Waals surface area contributed by atoms with E-state index in [1.165, 1.54) is 4.31 Å². The largest absolute Gasteiger partial charge is 0.326 e. The second-order valence-corrected chi connectivity index (χ2v) is 8.18. The van der Waals surface area contributed by atoms with Gasteiger partial charge in [-0.25, -0.2) is 8.42 Å². The highest BCUT2D eigenvalue weighted by molar-refractivity contribution is 7.89. The van der Waals surface area contributed by atoms with Crippen molar-refractivity contribution in [2.75, 3.05) is 18.4 Å². The van der Waals surface area contributed by atoms with E-state index in [0.29, 0.717) is 25.1 Å². The fraction of sp³-hybridized carbons (Fsp3) is 0.333. The van der Waals surface area contributed by atoms with Gasteiger partial charge in [0.15, 0.2) is 0 Å². The number of pyridine rings is 1. The lowest BCUT2D eigenvalue weighted by Gasteiger charge is -2.31. The number of carbonyl (C=O) groups is 1. The van der Waals surface area contributed by atoms with Crippen LogP contribution in [-0.2, 0) is 14.8 Å². The Hall–Kier alpha value is -2.25. The zero-order valence-corrected chi connectivity index (χ0v) is 14.9. The average molecular weight is 359 g/mol. The number of nitrogens with zero attached hydrogens (tertiary/aromatic N) is 2. The topological polar surface area (TPSA) is 79.4 Å². The number of benzene rings is 1. The lowest BCUT2D eigenvalue weighted by molar-refractivity contribution is -0.120. The van der Waals surface area contributed by atoms with Gasteiger partial charge < -0.3 is 5.32 Å². The van der Waals surface area contributed by atoms with E-state index in [9.17, 15) is 13.2 Å². The number of aromatic nitrogens is 1. The lowest BCUT2D eigenvalue weighted by atomic mass is 9.99. The van der Waals surface area contributed by atoms with E-state index in [4.69, 9.17) is 0 Å². The molecule has 1 aliphatic heterocycles. The van der Waals surface area contributed by atoms with Crippen molar-refractivity contribution in [3.8, 4) is 0 Å². The second kappa shape index (κ2) is 7.33. The first-order valence-electron chi connectivity index (χ1n) is 8.24. The summed E-state index contributed by atoms with van der Waals surface area (Å²) in [7, 11) is -3.57. The summed E-state index contributed by atoms with van der Waals surface area (Å²) in [6.45, 7) is 2.55. The van der Waals surface area contributed by atoms with E-state index in [1.54, 1.807) is 48.8 Å². The fourth-order valence-corrected chi connectivity index (χ4v) is 4.44. The minimum atomic E-state index is -3.57. The molecule has 2 heterocycles. The number of aryl methyl sites for hydroxylation is 1. The van der Waals surface area contributed by atoms with Gasteiger partial charge >= 0.3 is 0 Å². The van der Waals surface area contributed by atoms with Gasteiger partial charge in [-0.1, -0.05) is 17.7 Å². The van der Waals surface area contributed by atoms with Crippen molar-refractivity contribution in [3.63, 3.8) is 0 Å². The molecule has 6 nitrogen and oxygen atoms in total. The third-order valence-electron chi connectivity index (χ3n) is 4.36. The minimum Gasteiger partial charge on any atom is -0.326 e. The summed E-state index contributed by atoms with van der Waals surface area (Å²) in [4.78, 5) is 16.7. The molecular formula is C18H21N3O3S. The van der Waals surface area contributed by atoms with Gasteiger partial charge in [0, 0.05) is 31.2 Å². The van der Waals surface area contributed by atoms with Crippen molar-refractivity contribution >= 4 is 21.6 Å². The molecule has 1 saturated heterocycles. The zero-order chi connectivity index (χ0) is 17.9. The molecule has 25 heavy (non-hydrogen) atoms. The van der Waals surface area contributed by atoms with Crippen molar-refractivity contribution in [1.29, 1.82) is 0 Å². The van der Waals surface area contributed by atoms with Crippen LogP contribution < -0.4 is 5.32 Å². The quantitative estimate of drug-likeness (QED) is 0.909. The highest BCUT2D eigenvalue weighted by Gasteiger charge is 2.33. The number of rotatable bonds is 4. The molecule has 1 atom stereocenters. The lowest BCUT2D eigenvalue weighted by Crippen LogP contribution is -2.43. The van der Waals surface area contributed by atoms with Crippen LogP contribution in [0.5, 0.6) is 0 Å². The Balaban J connectivity index is 1.72. The SMILES string of the molecule is Cc1ccc(S(=O)(=O)N2CCCC(C(=O)Nc3ccncc3)C2)cc1. The van der Waals surface area contributed by atoms with E-state index in [1.807, 2.05) is 6.92 Å². The van der Waals surface area contributed by atoms with Gasteiger partial charge in [-0.2, -0.15) is 4.31 Å². The van der Waals surface area contributed by atoms with Gasteiger partial charge in [-0.3, -0.25) is 9.78 Å². The molecule has 1 aromatic carbocycles. The predicted molar refractivity (Wildman–Crippen MR) is 95.5 cm³/mol. The van der Waals surface area contributed by atoms with Crippen molar-refractivity contribution in [2.45, 2.75) is 24.7 Å². The van der Waals surface area contributed by atoms with Gasteiger partial charge in [0.1, 0.15) is 0 Å². The number of hydrogen-bond acceptors (Lipinski definition) is 4. The van der Waals surface area contributed by atoms with Crippen molar-refractivity contribution in [3.05, 3.63) is 54.4 Å². The first-order chi connectivity index (χ1) is 12.0. The number of nitrogens with one attached hydrogen (secondary N) is 1. The number of amides is 1. The maximum Gasteiger partial charge on any atom is 0.243 e. The highest BCUT2D eigenvalue weighted by atomic mass is 32.2. The molecule has 132 valence electrons. The number of hydrogen-bond donors (Lipinski definition) is 1. The third kappa shape index (κ3) is 4.05. The molecule has 1 amide bonds.